The van der Waals surface area contributed by atoms with Gasteiger partial charge in [-0.15, -0.1) is 5.10 Å². The predicted octanol–water partition coefficient (Wildman–Crippen LogP) is 3.76. The van der Waals surface area contributed by atoms with Gasteiger partial charge in [0.1, 0.15) is 22.5 Å². The van der Waals surface area contributed by atoms with E-state index in [9.17, 15) is 22.7 Å². The quantitative estimate of drug-likeness (QED) is 0.440. The third-order valence-electron chi connectivity index (χ3n) is 5.72. The molecule has 13 heteroatoms. The van der Waals surface area contributed by atoms with Crippen molar-refractivity contribution in [1.82, 2.24) is 14.9 Å². The minimum atomic E-state index is -4.38. The van der Waals surface area contributed by atoms with Gasteiger partial charge in [0.05, 0.1) is 17.7 Å². The van der Waals surface area contributed by atoms with E-state index in [-0.39, 0.29) is 50.7 Å². The maximum absolute atomic E-state index is 14.8. The molecule has 0 spiro atoms. The standard InChI is InChI=1S/C21H20Cl2FN3O6S/c1-9-11(22)3-5-13(24)16(9)10(2)18(20-25-26-21(29)33-20)27-34(30,31)15-6-4-12(23)17-14(28)7-8-32-19(15)17/h3-6,10,14,18,27-28H,7-8H2,1-2H3,(H,26,29). The Hall–Kier alpha value is -2.44. The molecular formula is C21H20Cl2FN3O6S. The van der Waals surface area contributed by atoms with E-state index in [4.69, 9.17) is 32.4 Å². The smallest absolute Gasteiger partial charge is 0.434 e. The normalized spacial score (nSPS) is 17.6. The highest BCUT2D eigenvalue weighted by molar-refractivity contribution is 7.89. The van der Waals surface area contributed by atoms with Crippen LogP contribution >= 0.6 is 23.2 Å². The number of aliphatic hydroxyl groups excluding tert-OH is 1. The Labute approximate surface area is 203 Å². The number of sulfonamides is 1. The number of halogens is 3. The minimum Gasteiger partial charge on any atom is -0.492 e. The van der Waals surface area contributed by atoms with Gasteiger partial charge < -0.3 is 14.3 Å². The van der Waals surface area contributed by atoms with Crippen LogP contribution in [0.1, 0.15) is 54.0 Å². The van der Waals surface area contributed by atoms with E-state index in [1.807, 2.05) is 0 Å². The number of aromatic amines is 1. The van der Waals surface area contributed by atoms with E-state index in [0.29, 0.717) is 5.56 Å². The van der Waals surface area contributed by atoms with E-state index in [1.54, 1.807) is 13.8 Å². The van der Waals surface area contributed by atoms with Crippen LogP contribution in [0.25, 0.3) is 0 Å². The number of benzene rings is 2. The molecule has 3 unspecified atom stereocenters. The number of aromatic nitrogens is 2. The summed E-state index contributed by atoms with van der Waals surface area (Å²) in [6, 6.07) is 3.81. The molecule has 1 aliphatic rings. The van der Waals surface area contributed by atoms with Crippen molar-refractivity contribution >= 4 is 33.2 Å². The second kappa shape index (κ2) is 9.31. The number of ether oxygens (including phenoxy) is 1. The van der Waals surface area contributed by atoms with Gasteiger partial charge in [0.2, 0.25) is 15.9 Å². The molecule has 1 aromatic heterocycles. The van der Waals surface area contributed by atoms with Gasteiger partial charge in [0.15, 0.2) is 0 Å². The van der Waals surface area contributed by atoms with E-state index < -0.39 is 39.7 Å². The van der Waals surface area contributed by atoms with Gasteiger partial charge in [-0.25, -0.2) is 22.7 Å². The summed E-state index contributed by atoms with van der Waals surface area (Å²) in [4.78, 5) is 11.3. The first-order chi connectivity index (χ1) is 16.0. The highest BCUT2D eigenvalue weighted by Gasteiger charge is 2.36. The third-order valence-corrected chi connectivity index (χ3v) is 7.92. The number of hydrogen-bond acceptors (Lipinski definition) is 7. The minimum absolute atomic E-state index is 0.0814. The second-order valence-electron chi connectivity index (χ2n) is 7.85. The molecular weight excluding hydrogens is 512 g/mol. The lowest BCUT2D eigenvalue weighted by Gasteiger charge is -2.27. The lowest BCUT2D eigenvalue weighted by Crippen LogP contribution is -2.33. The zero-order chi connectivity index (χ0) is 24.8. The van der Waals surface area contributed by atoms with E-state index in [1.165, 1.54) is 18.2 Å². The van der Waals surface area contributed by atoms with Crippen molar-refractivity contribution in [3.05, 3.63) is 73.3 Å². The highest BCUT2D eigenvalue weighted by atomic mass is 35.5. The molecule has 34 heavy (non-hydrogen) atoms. The Morgan fingerprint density at radius 3 is 2.65 bits per heavy atom. The van der Waals surface area contributed by atoms with E-state index in [0.717, 1.165) is 6.07 Å². The Morgan fingerprint density at radius 1 is 1.26 bits per heavy atom. The average molecular weight is 532 g/mol. The molecule has 3 aromatic rings. The highest BCUT2D eigenvalue weighted by Crippen LogP contribution is 2.43. The molecule has 0 saturated heterocycles. The van der Waals surface area contributed by atoms with Crippen LogP contribution in [-0.2, 0) is 10.0 Å². The second-order valence-corrected chi connectivity index (χ2v) is 10.3. The van der Waals surface area contributed by atoms with Crippen molar-refractivity contribution < 1.29 is 27.1 Å². The van der Waals surface area contributed by atoms with Crippen LogP contribution in [0.5, 0.6) is 5.75 Å². The van der Waals surface area contributed by atoms with Crippen LogP contribution in [0.15, 0.2) is 38.4 Å². The summed E-state index contributed by atoms with van der Waals surface area (Å²) in [6.45, 7) is 3.22. The molecule has 0 amide bonds. The Morgan fingerprint density at radius 2 is 1.97 bits per heavy atom. The fourth-order valence-corrected chi connectivity index (χ4v) is 5.88. The molecule has 0 saturated carbocycles. The predicted molar refractivity (Wildman–Crippen MR) is 121 cm³/mol. The van der Waals surface area contributed by atoms with Crippen LogP contribution in [0, 0.1) is 12.7 Å². The average Bonchev–Trinajstić information content (AvgIpc) is 3.21. The summed E-state index contributed by atoms with van der Waals surface area (Å²) < 4.78 is 54.8. The lowest BCUT2D eigenvalue weighted by molar-refractivity contribution is 0.113. The van der Waals surface area contributed by atoms with Gasteiger partial charge in [-0.2, -0.15) is 4.72 Å². The molecule has 3 N–H and O–H groups in total. The van der Waals surface area contributed by atoms with Crippen molar-refractivity contribution in [3.63, 3.8) is 0 Å². The van der Waals surface area contributed by atoms with Gasteiger partial charge in [0, 0.05) is 22.9 Å². The zero-order valence-corrected chi connectivity index (χ0v) is 20.3. The summed E-state index contributed by atoms with van der Waals surface area (Å²) in [7, 11) is -4.38. The monoisotopic (exact) mass is 531 g/mol. The number of rotatable bonds is 6. The number of aliphatic hydroxyl groups is 1. The molecule has 9 nitrogen and oxygen atoms in total. The summed E-state index contributed by atoms with van der Waals surface area (Å²) in [5, 5.41) is 16.6. The van der Waals surface area contributed by atoms with E-state index in [2.05, 4.69) is 14.9 Å². The third kappa shape index (κ3) is 4.46. The van der Waals surface area contributed by atoms with Crippen molar-refractivity contribution in [1.29, 1.82) is 0 Å². The van der Waals surface area contributed by atoms with Gasteiger partial charge in [-0.3, -0.25) is 0 Å². The van der Waals surface area contributed by atoms with Crippen LogP contribution in [-0.4, -0.2) is 30.3 Å². The first kappa shape index (κ1) is 24.7. The van der Waals surface area contributed by atoms with E-state index >= 15 is 0 Å². The summed E-state index contributed by atoms with van der Waals surface area (Å²) in [6.07, 6.45) is -0.761. The zero-order valence-electron chi connectivity index (χ0n) is 17.9. The first-order valence-corrected chi connectivity index (χ1v) is 12.4. The summed E-state index contributed by atoms with van der Waals surface area (Å²) in [5.74, 6) is -2.83. The lowest BCUT2D eigenvalue weighted by atomic mass is 9.90. The molecule has 2 heterocycles. The van der Waals surface area contributed by atoms with Gasteiger partial charge in [-0.05, 0) is 42.3 Å². The fourth-order valence-electron chi connectivity index (χ4n) is 4.01. The van der Waals surface area contributed by atoms with Gasteiger partial charge >= 0.3 is 5.76 Å². The van der Waals surface area contributed by atoms with Gasteiger partial charge in [0.25, 0.3) is 0 Å². The van der Waals surface area contributed by atoms with Crippen LogP contribution in [0.3, 0.4) is 0 Å². The van der Waals surface area contributed by atoms with Crippen LogP contribution < -0.4 is 15.2 Å². The van der Waals surface area contributed by atoms with Gasteiger partial charge in [-0.1, -0.05) is 30.1 Å². The van der Waals surface area contributed by atoms with Crippen molar-refractivity contribution in [3.8, 4) is 5.75 Å². The number of nitrogens with one attached hydrogen (secondary N) is 2. The number of nitrogens with zero attached hydrogens (tertiary/aromatic N) is 1. The Bertz CT molecular complexity index is 1410. The molecule has 1 aliphatic heterocycles. The maximum Gasteiger partial charge on any atom is 0.434 e. The maximum atomic E-state index is 14.8. The van der Waals surface area contributed by atoms with Crippen molar-refractivity contribution in [2.75, 3.05) is 6.61 Å². The summed E-state index contributed by atoms with van der Waals surface area (Å²) >= 11 is 12.3. The topological polar surface area (TPSA) is 135 Å². The molecule has 182 valence electrons. The van der Waals surface area contributed by atoms with Crippen molar-refractivity contribution in [2.24, 2.45) is 0 Å². The molecule has 0 bridgehead atoms. The molecule has 0 fully saturated rings. The molecule has 4 rings (SSSR count). The summed E-state index contributed by atoms with van der Waals surface area (Å²) in [5.41, 5.74) is 0.672. The fraction of sp³-hybridized carbons (Fsp3) is 0.333. The first-order valence-electron chi connectivity index (χ1n) is 10.2. The Balaban J connectivity index is 1.82. The molecule has 0 radical (unpaired) electrons. The number of hydrogen-bond donors (Lipinski definition) is 3. The van der Waals surface area contributed by atoms with Crippen LogP contribution in [0.4, 0.5) is 4.39 Å². The largest absolute Gasteiger partial charge is 0.492 e. The number of fused-ring (bicyclic) bond motifs is 1. The number of H-pyrrole nitrogens is 1. The SMILES string of the molecule is Cc1c(Cl)ccc(F)c1C(C)C(NS(=O)(=O)c1ccc(Cl)c2c1OCCC2O)c1n[nH]c(=O)o1. The van der Waals surface area contributed by atoms with Crippen LogP contribution in [0.2, 0.25) is 10.0 Å². The Kier molecular flexibility index (Phi) is 6.76. The van der Waals surface area contributed by atoms with Crippen molar-refractivity contribution in [2.45, 2.75) is 43.2 Å². The molecule has 3 atom stereocenters. The molecule has 2 aromatic carbocycles. The molecule has 0 aliphatic carbocycles.